The molecule has 1 rings (SSSR count). The Morgan fingerprint density at radius 2 is 2.40 bits per heavy atom. The molecule has 0 saturated carbocycles. The minimum absolute atomic E-state index is 0.0662. The van der Waals surface area contributed by atoms with Crippen molar-refractivity contribution in [2.45, 2.75) is 26.6 Å². The number of aliphatic hydroxyl groups is 1. The summed E-state index contributed by atoms with van der Waals surface area (Å²) in [5.74, 6) is 0. The van der Waals surface area contributed by atoms with Crippen LogP contribution < -0.4 is 4.57 Å². The zero-order chi connectivity index (χ0) is 7.40. The Bertz CT molecular complexity index is 195. The van der Waals surface area contributed by atoms with Crippen molar-refractivity contribution in [3.8, 4) is 0 Å². The van der Waals surface area contributed by atoms with Gasteiger partial charge in [0.1, 0.15) is 12.4 Å². The predicted molar refractivity (Wildman–Crippen MR) is 37.1 cm³/mol. The van der Waals surface area contributed by atoms with Gasteiger partial charge >= 0.3 is 0 Å². The van der Waals surface area contributed by atoms with E-state index in [0.717, 1.165) is 13.0 Å². The highest BCUT2D eigenvalue weighted by Gasteiger charge is 1.98. The van der Waals surface area contributed by atoms with Gasteiger partial charge in [-0.15, -0.1) is 0 Å². The van der Waals surface area contributed by atoms with Crippen LogP contribution in [0.3, 0.4) is 0 Å². The summed E-state index contributed by atoms with van der Waals surface area (Å²) >= 11 is 0. The first-order chi connectivity index (χ1) is 4.86. The Morgan fingerprint density at radius 3 is 2.90 bits per heavy atom. The van der Waals surface area contributed by atoms with Gasteiger partial charge in [-0.1, -0.05) is 6.92 Å². The Labute approximate surface area is 60.5 Å². The van der Waals surface area contributed by atoms with Crippen LogP contribution in [0.1, 0.15) is 13.3 Å². The van der Waals surface area contributed by atoms with E-state index in [0.29, 0.717) is 0 Å². The molecule has 0 aliphatic heterocycles. The van der Waals surface area contributed by atoms with Crippen molar-refractivity contribution in [2.24, 2.45) is 0 Å². The maximum atomic E-state index is 8.67. The second kappa shape index (κ2) is 3.37. The molecule has 56 valence electrons. The molecule has 0 spiro atoms. The summed E-state index contributed by atoms with van der Waals surface area (Å²) in [6, 6.07) is 0. The molecule has 1 heterocycles. The van der Waals surface area contributed by atoms with Crippen molar-refractivity contribution in [3.05, 3.63) is 18.7 Å². The first kappa shape index (κ1) is 7.28. The number of hydrogen-bond acceptors (Lipinski definition) is 1. The van der Waals surface area contributed by atoms with Gasteiger partial charge in [0.05, 0.1) is 6.54 Å². The van der Waals surface area contributed by atoms with Crippen LogP contribution in [0, 0.1) is 0 Å². The molecule has 0 aliphatic carbocycles. The van der Waals surface area contributed by atoms with Crippen molar-refractivity contribution in [1.29, 1.82) is 0 Å². The standard InChI is InChI=1S/C7H13N2O/c1-2-3-8-4-5-9(6-8)7-10/h4-6,10H,2-3,7H2,1H3/q+1. The van der Waals surface area contributed by atoms with Crippen molar-refractivity contribution in [1.82, 2.24) is 4.57 Å². The number of hydrogen-bond donors (Lipinski definition) is 1. The summed E-state index contributed by atoms with van der Waals surface area (Å²) in [5.41, 5.74) is 0. The fourth-order valence-corrected chi connectivity index (χ4v) is 0.913. The second-order valence-electron chi connectivity index (χ2n) is 2.31. The van der Waals surface area contributed by atoms with Gasteiger partial charge < -0.3 is 5.11 Å². The Kier molecular flexibility index (Phi) is 2.45. The van der Waals surface area contributed by atoms with Crippen molar-refractivity contribution < 1.29 is 9.67 Å². The topological polar surface area (TPSA) is 29.0 Å². The van der Waals surface area contributed by atoms with E-state index in [2.05, 4.69) is 11.5 Å². The molecular formula is C7H13N2O+. The Morgan fingerprint density at radius 1 is 1.60 bits per heavy atom. The summed E-state index contributed by atoms with van der Waals surface area (Å²) in [6.45, 7) is 3.22. The van der Waals surface area contributed by atoms with Gasteiger partial charge in [-0.05, 0) is 6.42 Å². The third kappa shape index (κ3) is 1.57. The van der Waals surface area contributed by atoms with E-state index in [4.69, 9.17) is 5.11 Å². The van der Waals surface area contributed by atoms with Crippen LogP contribution >= 0.6 is 0 Å². The van der Waals surface area contributed by atoms with Crippen LogP contribution in [0.25, 0.3) is 0 Å². The summed E-state index contributed by atoms with van der Waals surface area (Å²) in [5, 5.41) is 8.67. The lowest BCUT2D eigenvalue weighted by Gasteiger charge is -1.88. The molecule has 1 aromatic rings. The first-order valence-electron chi connectivity index (χ1n) is 3.52. The molecule has 3 heteroatoms. The third-order valence-electron chi connectivity index (χ3n) is 1.39. The lowest BCUT2D eigenvalue weighted by molar-refractivity contribution is -0.729. The number of imidazole rings is 1. The number of rotatable bonds is 3. The highest BCUT2D eigenvalue weighted by Crippen LogP contribution is 1.86. The largest absolute Gasteiger partial charge is 0.358 e. The van der Waals surface area contributed by atoms with E-state index in [9.17, 15) is 0 Å². The third-order valence-corrected chi connectivity index (χ3v) is 1.39. The van der Waals surface area contributed by atoms with Crippen molar-refractivity contribution in [3.63, 3.8) is 0 Å². The van der Waals surface area contributed by atoms with E-state index >= 15 is 0 Å². The fraction of sp³-hybridized carbons (Fsp3) is 0.571. The van der Waals surface area contributed by atoms with Gasteiger partial charge in [0, 0.05) is 0 Å². The minimum atomic E-state index is 0.0662. The van der Waals surface area contributed by atoms with E-state index in [1.165, 1.54) is 0 Å². The average Bonchev–Trinajstić information content (AvgIpc) is 2.37. The van der Waals surface area contributed by atoms with Crippen molar-refractivity contribution in [2.75, 3.05) is 0 Å². The van der Waals surface area contributed by atoms with Crippen LogP contribution in [0.2, 0.25) is 0 Å². The highest BCUT2D eigenvalue weighted by atomic mass is 16.3. The van der Waals surface area contributed by atoms with E-state index < -0.39 is 0 Å². The smallest absolute Gasteiger partial charge is 0.245 e. The lowest BCUT2D eigenvalue weighted by Crippen LogP contribution is -2.30. The molecule has 0 unspecified atom stereocenters. The Hall–Kier alpha value is -0.830. The molecule has 3 nitrogen and oxygen atoms in total. The van der Waals surface area contributed by atoms with Gasteiger partial charge in [-0.2, -0.15) is 0 Å². The number of aryl methyl sites for hydroxylation is 1. The van der Waals surface area contributed by atoms with Gasteiger partial charge in [-0.25, -0.2) is 9.13 Å². The maximum Gasteiger partial charge on any atom is 0.245 e. The maximum absolute atomic E-state index is 8.67. The molecule has 0 fully saturated rings. The average molecular weight is 141 g/mol. The van der Waals surface area contributed by atoms with Crippen molar-refractivity contribution >= 4 is 0 Å². The van der Waals surface area contributed by atoms with E-state index in [-0.39, 0.29) is 6.73 Å². The van der Waals surface area contributed by atoms with Crippen LogP contribution in [0.4, 0.5) is 0 Å². The SMILES string of the molecule is CCCn1cc[n+](CO)c1. The van der Waals surface area contributed by atoms with Crippen LogP contribution in [-0.4, -0.2) is 9.67 Å². The summed E-state index contributed by atoms with van der Waals surface area (Å²) in [7, 11) is 0. The normalized spacial score (nSPS) is 10.2. The second-order valence-corrected chi connectivity index (χ2v) is 2.31. The molecular weight excluding hydrogens is 128 g/mol. The number of aliphatic hydroxyl groups excluding tert-OH is 1. The number of aromatic nitrogens is 2. The molecule has 0 amide bonds. The first-order valence-corrected chi connectivity index (χ1v) is 3.52. The molecule has 0 aromatic carbocycles. The molecule has 0 radical (unpaired) electrons. The van der Waals surface area contributed by atoms with E-state index in [1.54, 1.807) is 4.57 Å². The molecule has 10 heavy (non-hydrogen) atoms. The summed E-state index contributed by atoms with van der Waals surface area (Å²) in [6.07, 6.45) is 6.83. The summed E-state index contributed by atoms with van der Waals surface area (Å²) in [4.78, 5) is 0. The van der Waals surface area contributed by atoms with Crippen LogP contribution in [0.15, 0.2) is 18.7 Å². The molecule has 1 N–H and O–H groups in total. The highest BCUT2D eigenvalue weighted by molar-refractivity contribution is 4.64. The van der Waals surface area contributed by atoms with Crippen LogP contribution in [0.5, 0.6) is 0 Å². The lowest BCUT2D eigenvalue weighted by atomic mass is 10.5. The van der Waals surface area contributed by atoms with Gasteiger partial charge in [0.25, 0.3) is 0 Å². The molecule has 0 aliphatic rings. The monoisotopic (exact) mass is 141 g/mol. The molecule has 0 bridgehead atoms. The fourth-order valence-electron chi connectivity index (χ4n) is 0.913. The quantitative estimate of drug-likeness (QED) is 0.596. The zero-order valence-corrected chi connectivity index (χ0v) is 6.20. The molecule has 0 atom stereocenters. The van der Waals surface area contributed by atoms with E-state index in [1.807, 2.05) is 18.7 Å². The number of nitrogens with zero attached hydrogens (tertiary/aromatic N) is 2. The van der Waals surface area contributed by atoms with Gasteiger partial charge in [0.15, 0.2) is 6.73 Å². The molecule has 0 saturated heterocycles. The molecule has 1 aromatic heterocycles. The summed E-state index contributed by atoms with van der Waals surface area (Å²) < 4.78 is 3.78. The van der Waals surface area contributed by atoms with Gasteiger partial charge in [0.2, 0.25) is 6.33 Å². The minimum Gasteiger partial charge on any atom is -0.358 e. The predicted octanol–water partition coefficient (Wildman–Crippen LogP) is 0.135. The van der Waals surface area contributed by atoms with Gasteiger partial charge in [-0.3, -0.25) is 0 Å². The zero-order valence-electron chi connectivity index (χ0n) is 6.20. The van der Waals surface area contributed by atoms with Crippen LogP contribution in [-0.2, 0) is 13.3 Å². The Balaban J connectivity index is 2.59.